The fourth-order valence-electron chi connectivity index (χ4n) is 0.281. The number of rotatable bonds is 2. The van der Waals surface area contributed by atoms with Crippen LogP contribution in [0.15, 0.2) is 0 Å². The van der Waals surface area contributed by atoms with E-state index in [1.54, 1.807) is 0 Å². The predicted octanol–water partition coefficient (Wildman–Crippen LogP) is -2.26. The van der Waals surface area contributed by atoms with Crippen molar-refractivity contribution in [1.29, 1.82) is 0 Å². The Bertz CT molecular complexity index is 119. The molecule has 0 spiro atoms. The Balaban J connectivity index is 4.75. The topological polar surface area (TPSA) is 0 Å². The molecule has 0 fully saturated rings. The van der Waals surface area contributed by atoms with Crippen molar-refractivity contribution >= 4 is 78.0 Å². The second kappa shape index (κ2) is 3.60. The standard InChI is InChI=1S/C2H6Si9/c1-9(2,10(3,4)5)11(6,7)8/h1-2H3. The van der Waals surface area contributed by atoms with Gasteiger partial charge in [0.2, 0.25) is 0 Å². The van der Waals surface area contributed by atoms with Gasteiger partial charge in [0.25, 0.3) is 0 Å². The second-order valence-electron chi connectivity index (χ2n) is 3.12. The van der Waals surface area contributed by atoms with Crippen molar-refractivity contribution < 1.29 is 0 Å². The summed E-state index contributed by atoms with van der Waals surface area (Å²) in [6.45, 7) is 4.65. The third kappa shape index (κ3) is 2.97. The first-order valence-electron chi connectivity index (χ1n) is 3.00. The minimum Gasteiger partial charge on any atom is -0.0744 e. The zero-order valence-corrected chi connectivity index (χ0v) is 15.5. The van der Waals surface area contributed by atoms with Gasteiger partial charge in [-0.15, -0.1) is 0 Å². The lowest BCUT2D eigenvalue weighted by atomic mass is 11.9. The number of hydrogen-bond donors (Lipinski definition) is 0. The van der Waals surface area contributed by atoms with Crippen LogP contribution in [-0.4, -0.2) is 78.0 Å². The van der Waals surface area contributed by atoms with Gasteiger partial charge in [0.1, 0.15) is 0 Å². The van der Waals surface area contributed by atoms with Crippen molar-refractivity contribution in [2.45, 2.75) is 13.1 Å². The van der Waals surface area contributed by atoms with E-state index >= 15 is 0 Å². The summed E-state index contributed by atoms with van der Waals surface area (Å²) in [5.41, 5.74) is 0. The fourth-order valence-corrected chi connectivity index (χ4v) is 68.3. The largest absolute Gasteiger partial charge is 0.0744 e. The van der Waals surface area contributed by atoms with Crippen molar-refractivity contribution in [3.05, 3.63) is 0 Å². The van der Waals surface area contributed by atoms with Gasteiger partial charge in [0, 0.05) is 78.0 Å². The summed E-state index contributed by atoms with van der Waals surface area (Å²) in [5, 5.41) is 0. The van der Waals surface area contributed by atoms with Crippen LogP contribution in [0.1, 0.15) is 0 Å². The molecule has 0 N–H and O–H groups in total. The minimum absolute atomic E-state index is 1.35. The van der Waals surface area contributed by atoms with E-state index in [-0.39, 0.29) is 0 Å². The molecule has 0 saturated heterocycles. The van der Waals surface area contributed by atoms with Crippen LogP contribution in [0.2, 0.25) is 13.1 Å². The summed E-state index contributed by atoms with van der Waals surface area (Å²) in [6, 6.07) is 0. The van der Waals surface area contributed by atoms with Crippen LogP contribution < -0.4 is 0 Å². The molecule has 0 amide bonds. The molecule has 0 atom stereocenters. The summed E-state index contributed by atoms with van der Waals surface area (Å²) in [7, 11) is 21.2. The molecule has 18 radical (unpaired) electrons. The Morgan fingerprint density at radius 3 is 0.818 bits per heavy atom. The van der Waals surface area contributed by atoms with Crippen molar-refractivity contribution in [2.75, 3.05) is 0 Å². The summed E-state index contributed by atoms with van der Waals surface area (Å²) in [6.07, 6.45) is -3.10. The van der Waals surface area contributed by atoms with Gasteiger partial charge in [0.05, 0.1) is 0 Å². The molecule has 0 unspecified atom stereocenters. The third-order valence-corrected chi connectivity index (χ3v) is 70.9. The first-order chi connectivity index (χ1) is 4.50. The van der Waals surface area contributed by atoms with Gasteiger partial charge in [-0.05, 0) is 0 Å². The van der Waals surface area contributed by atoms with Gasteiger partial charge in [-0.1, -0.05) is 13.1 Å². The molecular formula is C2H6Si9. The maximum Gasteiger partial charge on any atom is 0.0180 e. The lowest BCUT2D eigenvalue weighted by molar-refractivity contribution is 2.03. The second-order valence-corrected chi connectivity index (χ2v) is 54.4. The highest BCUT2D eigenvalue weighted by Crippen LogP contribution is 2.15. The van der Waals surface area contributed by atoms with Gasteiger partial charge >= 0.3 is 0 Å². The van der Waals surface area contributed by atoms with E-state index in [4.69, 9.17) is 0 Å². The summed E-state index contributed by atoms with van der Waals surface area (Å²) >= 11 is 0. The van der Waals surface area contributed by atoms with Crippen molar-refractivity contribution in [1.82, 2.24) is 0 Å². The van der Waals surface area contributed by atoms with E-state index in [0.717, 1.165) is 0 Å². The average molecular weight is 283 g/mol. The highest BCUT2D eigenvalue weighted by atomic mass is 30.3. The smallest absolute Gasteiger partial charge is 0.0180 e. The zero-order chi connectivity index (χ0) is 9.50. The molecule has 0 aliphatic rings. The Morgan fingerprint density at radius 2 is 0.818 bits per heavy atom. The quantitative estimate of drug-likeness (QED) is 0.502. The first kappa shape index (κ1) is 13.0. The lowest BCUT2D eigenvalue weighted by Crippen LogP contribution is -2.78. The van der Waals surface area contributed by atoms with Crippen LogP contribution in [0.3, 0.4) is 0 Å². The molecule has 0 bridgehead atoms. The molecule has 9 heteroatoms. The van der Waals surface area contributed by atoms with Crippen molar-refractivity contribution in [3.63, 3.8) is 0 Å². The van der Waals surface area contributed by atoms with Gasteiger partial charge < -0.3 is 0 Å². The van der Waals surface area contributed by atoms with Crippen LogP contribution in [0.4, 0.5) is 0 Å². The summed E-state index contributed by atoms with van der Waals surface area (Å²) in [4.78, 5) is 0. The Hall–Kier alpha value is 1.95. The molecule has 0 saturated carbocycles. The minimum atomic E-state index is -1.55. The normalized spacial score (nSPS) is 15.3. The van der Waals surface area contributed by atoms with Crippen molar-refractivity contribution in [2.24, 2.45) is 0 Å². The van der Waals surface area contributed by atoms with E-state index in [0.29, 0.717) is 0 Å². The van der Waals surface area contributed by atoms with Gasteiger partial charge in [-0.25, -0.2) is 0 Å². The molecule has 0 aromatic rings. The van der Waals surface area contributed by atoms with Crippen LogP contribution in [0.25, 0.3) is 0 Å². The maximum absolute atomic E-state index is 3.76. The van der Waals surface area contributed by atoms with Crippen LogP contribution in [-0.2, 0) is 0 Å². The van der Waals surface area contributed by atoms with Gasteiger partial charge in [0.15, 0.2) is 0 Å². The molecule has 0 nitrogen and oxygen atoms in total. The van der Waals surface area contributed by atoms with Crippen LogP contribution in [0.5, 0.6) is 0 Å². The van der Waals surface area contributed by atoms with Crippen molar-refractivity contribution in [3.8, 4) is 0 Å². The predicted molar refractivity (Wildman–Crippen MR) is 63.5 cm³/mol. The van der Waals surface area contributed by atoms with E-state index < -0.39 is 19.4 Å². The third-order valence-electron chi connectivity index (χ3n) is 1.88. The first-order valence-corrected chi connectivity index (χ1v) is 21.0. The van der Waals surface area contributed by atoms with Crippen LogP contribution in [0, 0.1) is 0 Å². The molecular weight excluding hydrogens is 277 g/mol. The molecule has 11 heavy (non-hydrogen) atoms. The van der Waals surface area contributed by atoms with E-state index in [1.807, 2.05) is 0 Å². The van der Waals surface area contributed by atoms with Gasteiger partial charge in [-0.2, -0.15) is 0 Å². The Kier molecular flexibility index (Phi) is 4.24. The fraction of sp³-hybridized carbons (Fsp3) is 1.00. The molecule has 0 aliphatic carbocycles. The van der Waals surface area contributed by atoms with Gasteiger partial charge in [-0.3, -0.25) is 0 Å². The van der Waals surface area contributed by atoms with E-state index in [2.05, 4.69) is 71.7 Å². The maximum atomic E-state index is 3.76. The molecule has 0 aromatic heterocycles. The highest BCUT2D eigenvalue weighted by Gasteiger charge is 2.46. The number of hydrogen-bond acceptors (Lipinski definition) is 0. The molecule has 0 aromatic carbocycles. The summed E-state index contributed by atoms with van der Waals surface area (Å²) in [5.74, 6) is 0. The average Bonchev–Trinajstić information content (AvgIpc) is 1.58. The summed E-state index contributed by atoms with van der Waals surface area (Å²) < 4.78 is 0. The zero-order valence-electron chi connectivity index (χ0n) is 6.50. The Labute approximate surface area is 90.6 Å². The van der Waals surface area contributed by atoms with E-state index in [9.17, 15) is 0 Å². The lowest BCUT2D eigenvalue weighted by Gasteiger charge is -2.45. The van der Waals surface area contributed by atoms with E-state index in [1.165, 1.54) is 0 Å². The monoisotopic (exact) mass is 282 g/mol. The molecule has 50 valence electrons. The molecule has 0 aliphatic heterocycles. The molecule has 0 rings (SSSR count). The van der Waals surface area contributed by atoms with Crippen LogP contribution >= 0.6 is 0 Å². The highest BCUT2D eigenvalue weighted by molar-refractivity contribution is 8.08. The Morgan fingerprint density at radius 1 is 0.636 bits per heavy atom. The molecule has 0 heterocycles. The SMILES string of the molecule is C[Si](C)([Si]([Si])([Si])[Si])[Si]([Si])([Si])[Si].